The fraction of sp³-hybridized carbons (Fsp3) is 0.364. The van der Waals surface area contributed by atoms with Crippen molar-refractivity contribution in [3.8, 4) is 12.1 Å². The third kappa shape index (κ3) is 4.49. The number of β-amino-alcohol motifs (C(OH)–C–C–N with tert-alkyl or cyclic N) is 1. The van der Waals surface area contributed by atoms with Crippen LogP contribution in [0.25, 0.3) is 5.65 Å². The third-order valence-electron chi connectivity index (χ3n) is 5.84. The van der Waals surface area contributed by atoms with Gasteiger partial charge in [-0.15, -0.1) is 5.10 Å². The van der Waals surface area contributed by atoms with Gasteiger partial charge in [-0.3, -0.25) is 4.79 Å². The van der Waals surface area contributed by atoms with Crippen LogP contribution in [0, 0.1) is 22.7 Å². The summed E-state index contributed by atoms with van der Waals surface area (Å²) < 4.78 is 1.40. The van der Waals surface area contributed by atoms with Crippen LogP contribution >= 0.6 is 11.6 Å². The Labute approximate surface area is 205 Å². The van der Waals surface area contributed by atoms with Gasteiger partial charge in [0.1, 0.15) is 6.07 Å². The Morgan fingerprint density at radius 3 is 2.74 bits per heavy atom. The molecule has 0 radical (unpaired) electrons. The molecule has 1 aromatic carbocycles. The molecule has 2 aliphatic rings. The van der Waals surface area contributed by atoms with Crippen LogP contribution in [0.15, 0.2) is 18.3 Å². The summed E-state index contributed by atoms with van der Waals surface area (Å²) in [5.41, 5.74) is 1.93. The van der Waals surface area contributed by atoms with Gasteiger partial charge in [0.15, 0.2) is 17.2 Å². The molecule has 13 heteroatoms. The second-order valence-electron chi connectivity index (χ2n) is 8.57. The number of carbonyl (C=O) groups excluding carboxylic acids is 1. The number of nitrogens with one attached hydrogen (secondary N) is 3. The number of halogens is 1. The monoisotopic (exact) mass is 492 g/mol. The Kier molecular flexibility index (Phi) is 5.76. The van der Waals surface area contributed by atoms with Crippen LogP contribution < -0.4 is 20.9 Å². The summed E-state index contributed by atoms with van der Waals surface area (Å²) in [6.45, 7) is 1.95. The molecule has 3 aromatic rings. The minimum Gasteiger partial charge on any atom is -0.389 e. The minimum atomic E-state index is -0.787. The highest BCUT2D eigenvalue weighted by atomic mass is 35.5. The lowest BCUT2D eigenvalue weighted by Crippen LogP contribution is -2.41. The summed E-state index contributed by atoms with van der Waals surface area (Å²) in [4.78, 5) is 22.1. The second-order valence-corrected chi connectivity index (χ2v) is 8.94. The van der Waals surface area contributed by atoms with E-state index in [1.165, 1.54) is 17.6 Å². The van der Waals surface area contributed by atoms with Crippen LogP contribution in [0.4, 0.5) is 23.1 Å². The van der Waals surface area contributed by atoms with Crippen molar-refractivity contribution in [3.05, 3.63) is 34.6 Å². The van der Waals surface area contributed by atoms with Crippen molar-refractivity contribution >= 4 is 46.3 Å². The highest BCUT2D eigenvalue weighted by Gasteiger charge is 2.33. The molecule has 35 heavy (non-hydrogen) atoms. The number of benzene rings is 1. The molecule has 0 bridgehead atoms. The van der Waals surface area contributed by atoms with Gasteiger partial charge in [-0.2, -0.15) is 20.0 Å². The van der Waals surface area contributed by atoms with Gasteiger partial charge in [0, 0.05) is 26.1 Å². The minimum absolute atomic E-state index is 0.163. The maximum Gasteiger partial charge on any atom is 0.247 e. The molecule has 1 amide bonds. The number of amides is 1. The SMILES string of the molecule is CC(=O)N[C@@H]1CN(c2cc(C#N)cc(Nc3nc(NC4CC4)c4ncc(C#N)n4n3)c2Cl)C[C@@H]1O. The van der Waals surface area contributed by atoms with Gasteiger partial charge >= 0.3 is 0 Å². The van der Waals surface area contributed by atoms with Crippen LogP contribution in [-0.2, 0) is 4.79 Å². The van der Waals surface area contributed by atoms with Crippen LogP contribution in [0.2, 0.25) is 5.02 Å². The third-order valence-corrected chi connectivity index (χ3v) is 6.24. The summed E-state index contributed by atoms with van der Waals surface area (Å²) in [7, 11) is 0. The summed E-state index contributed by atoms with van der Waals surface area (Å²) in [5, 5.41) is 43.2. The molecule has 5 rings (SSSR count). The molecule has 1 aliphatic carbocycles. The highest BCUT2D eigenvalue weighted by molar-refractivity contribution is 6.36. The number of nitrogens with zero attached hydrogens (tertiary/aromatic N) is 7. The zero-order valence-electron chi connectivity index (χ0n) is 18.7. The molecule has 4 N–H and O–H groups in total. The van der Waals surface area contributed by atoms with E-state index < -0.39 is 12.1 Å². The van der Waals surface area contributed by atoms with Gasteiger partial charge in [-0.05, 0) is 25.0 Å². The summed E-state index contributed by atoms with van der Waals surface area (Å²) in [6, 6.07) is 7.21. The Morgan fingerprint density at radius 2 is 2.06 bits per heavy atom. The number of hydrogen-bond acceptors (Lipinski definition) is 10. The number of fused-ring (bicyclic) bond motifs is 1. The van der Waals surface area contributed by atoms with Crippen molar-refractivity contribution in [3.63, 3.8) is 0 Å². The molecule has 2 aromatic heterocycles. The van der Waals surface area contributed by atoms with Crippen molar-refractivity contribution in [2.24, 2.45) is 0 Å². The zero-order valence-corrected chi connectivity index (χ0v) is 19.4. The molecule has 2 atom stereocenters. The second kappa shape index (κ2) is 8.91. The lowest BCUT2D eigenvalue weighted by molar-refractivity contribution is -0.120. The number of aliphatic hydroxyl groups is 1. The van der Waals surface area contributed by atoms with Gasteiger partial charge in [-0.1, -0.05) is 11.6 Å². The van der Waals surface area contributed by atoms with E-state index in [4.69, 9.17) is 11.6 Å². The number of aliphatic hydroxyl groups excluding tert-OH is 1. The fourth-order valence-electron chi connectivity index (χ4n) is 4.03. The number of anilines is 4. The zero-order chi connectivity index (χ0) is 24.7. The first-order chi connectivity index (χ1) is 16.9. The van der Waals surface area contributed by atoms with Crippen molar-refractivity contribution < 1.29 is 9.90 Å². The molecule has 12 nitrogen and oxygen atoms in total. The quantitative estimate of drug-likeness (QED) is 0.396. The Hall–Kier alpha value is -4.13. The van der Waals surface area contributed by atoms with E-state index in [1.807, 2.05) is 4.90 Å². The lowest BCUT2D eigenvalue weighted by atomic mass is 10.1. The van der Waals surface area contributed by atoms with Crippen LogP contribution in [0.3, 0.4) is 0 Å². The van der Waals surface area contributed by atoms with E-state index in [0.29, 0.717) is 46.0 Å². The Bertz CT molecular complexity index is 1400. The van der Waals surface area contributed by atoms with E-state index in [0.717, 1.165) is 12.8 Å². The molecular formula is C22H21ClN10O2. The van der Waals surface area contributed by atoms with E-state index in [9.17, 15) is 20.4 Å². The van der Waals surface area contributed by atoms with Crippen molar-refractivity contribution in [2.75, 3.05) is 28.6 Å². The first kappa shape index (κ1) is 22.7. The maximum absolute atomic E-state index is 11.5. The largest absolute Gasteiger partial charge is 0.389 e. The summed E-state index contributed by atoms with van der Waals surface area (Å²) in [6.07, 6.45) is 2.68. The number of imidazole rings is 1. The normalized spacial score (nSPS) is 19.3. The summed E-state index contributed by atoms with van der Waals surface area (Å²) in [5.74, 6) is 0.408. The Morgan fingerprint density at radius 1 is 1.26 bits per heavy atom. The topological polar surface area (TPSA) is 167 Å². The van der Waals surface area contributed by atoms with Crippen molar-refractivity contribution in [1.82, 2.24) is 24.9 Å². The number of aromatic nitrogens is 4. The Balaban J connectivity index is 1.51. The number of rotatable bonds is 6. The first-order valence-corrected chi connectivity index (χ1v) is 11.4. The van der Waals surface area contributed by atoms with Crippen LogP contribution in [0.5, 0.6) is 0 Å². The van der Waals surface area contributed by atoms with E-state index >= 15 is 0 Å². The molecule has 1 saturated carbocycles. The first-order valence-electron chi connectivity index (χ1n) is 11.0. The van der Waals surface area contributed by atoms with Crippen molar-refractivity contribution in [1.29, 1.82) is 10.5 Å². The van der Waals surface area contributed by atoms with E-state index in [-0.39, 0.29) is 24.1 Å². The van der Waals surface area contributed by atoms with Crippen LogP contribution in [0.1, 0.15) is 31.0 Å². The van der Waals surface area contributed by atoms with Gasteiger partial charge in [-0.25, -0.2) is 4.98 Å². The van der Waals surface area contributed by atoms with Crippen LogP contribution in [-0.4, -0.2) is 61.9 Å². The molecule has 3 heterocycles. The van der Waals surface area contributed by atoms with Crippen molar-refractivity contribution in [2.45, 2.75) is 38.0 Å². The average molecular weight is 493 g/mol. The average Bonchev–Trinajstić information content (AvgIpc) is 3.43. The molecule has 1 aliphatic heterocycles. The molecule has 0 unspecified atom stereocenters. The van der Waals surface area contributed by atoms with Gasteiger partial charge < -0.3 is 26.0 Å². The lowest BCUT2D eigenvalue weighted by Gasteiger charge is -2.22. The number of nitriles is 2. The smallest absolute Gasteiger partial charge is 0.247 e. The molecule has 1 saturated heterocycles. The highest BCUT2D eigenvalue weighted by Crippen LogP contribution is 2.37. The standard InChI is InChI=1S/C22H21ClN10O2/c1-11(34)27-16-9-32(10-18(16)35)17-5-12(6-24)4-15(19(17)23)29-22-30-20(28-13-2-3-13)21-26-8-14(7-25)33(21)31-22/h4-5,8,13,16,18,35H,2-3,9-10H2,1H3,(H,27,34)(H2,28,29,30,31)/t16-,18+/m1/s1. The van der Waals surface area contributed by atoms with Gasteiger partial charge in [0.25, 0.3) is 0 Å². The molecule has 2 fully saturated rings. The van der Waals surface area contributed by atoms with Gasteiger partial charge in [0.2, 0.25) is 11.9 Å². The molecule has 0 spiro atoms. The summed E-state index contributed by atoms with van der Waals surface area (Å²) >= 11 is 6.73. The number of hydrogen-bond donors (Lipinski definition) is 4. The van der Waals surface area contributed by atoms with E-state index in [2.05, 4.69) is 43.2 Å². The molecule has 178 valence electrons. The van der Waals surface area contributed by atoms with Gasteiger partial charge in [0.05, 0.1) is 46.4 Å². The predicted octanol–water partition coefficient (Wildman–Crippen LogP) is 1.52. The maximum atomic E-state index is 11.5. The predicted molar refractivity (Wildman–Crippen MR) is 127 cm³/mol. The van der Waals surface area contributed by atoms with E-state index in [1.54, 1.807) is 12.1 Å². The fourth-order valence-corrected chi connectivity index (χ4v) is 4.31. The molecular weight excluding hydrogens is 472 g/mol. The number of carbonyl (C=O) groups is 1.